The molecule has 6 heteroatoms. The predicted octanol–water partition coefficient (Wildman–Crippen LogP) is 7.48. The van der Waals surface area contributed by atoms with Crippen molar-refractivity contribution in [2.75, 3.05) is 21.2 Å². The lowest BCUT2D eigenvalue weighted by Gasteiger charge is -2.41. The van der Waals surface area contributed by atoms with E-state index in [2.05, 4.69) is 74.3 Å². The third-order valence-corrected chi connectivity index (χ3v) is 8.74. The zero-order valence-electron chi connectivity index (χ0n) is 24.1. The topological polar surface area (TPSA) is 45.1 Å². The highest BCUT2D eigenvalue weighted by molar-refractivity contribution is 6.30. The minimum atomic E-state index is -0.879. The fraction of sp³-hybridized carbons (Fsp3) is 0.515. The zero-order valence-corrected chi connectivity index (χ0v) is 24.8. The lowest BCUT2D eigenvalue weighted by molar-refractivity contribution is -0.149. The van der Waals surface area contributed by atoms with Crippen molar-refractivity contribution in [3.05, 3.63) is 76.9 Å². The number of hydrogen-bond donors (Lipinski definition) is 0. The van der Waals surface area contributed by atoms with E-state index in [4.69, 9.17) is 21.3 Å². The average Bonchev–Trinajstić information content (AvgIpc) is 3.26. The Morgan fingerprint density at radius 1 is 1.10 bits per heavy atom. The SMILES string of the molecule is COC(=O)C1(CC(C)C)N=CN(C=Cc2ccccc2)C1CC1CCC(C(c2ccc(Cl)cc2)N(C)C)CC1. The number of carbonyl (C=O) groups is 1. The molecule has 0 radical (unpaired) electrons. The molecule has 1 aliphatic carbocycles. The van der Waals surface area contributed by atoms with Gasteiger partial charge in [0.2, 0.25) is 0 Å². The van der Waals surface area contributed by atoms with Crippen molar-refractivity contribution in [2.45, 2.75) is 70.0 Å². The van der Waals surface area contributed by atoms with E-state index in [1.807, 2.05) is 36.7 Å². The van der Waals surface area contributed by atoms with E-state index in [1.54, 1.807) is 0 Å². The van der Waals surface area contributed by atoms with Gasteiger partial charge in [-0.15, -0.1) is 0 Å². The first kappa shape index (κ1) is 29.4. The van der Waals surface area contributed by atoms with Crippen molar-refractivity contribution in [3.63, 3.8) is 0 Å². The van der Waals surface area contributed by atoms with Gasteiger partial charge in [-0.05, 0) is 86.9 Å². The van der Waals surface area contributed by atoms with Crippen LogP contribution in [-0.4, -0.2) is 54.9 Å². The first-order valence-corrected chi connectivity index (χ1v) is 14.7. The summed E-state index contributed by atoms with van der Waals surface area (Å²) in [6.07, 6.45) is 12.3. The molecule has 2 aromatic rings. The third-order valence-electron chi connectivity index (χ3n) is 8.49. The van der Waals surface area contributed by atoms with E-state index in [9.17, 15) is 4.79 Å². The maximum atomic E-state index is 13.3. The van der Waals surface area contributed by atoms with E-state index in [1.165, 1.54) is 25.5 Å². The quantitative estimate of drug-likeness (QED) is 0.288. The zero-order chi connectivity index (χ0) is 28.0. The van der Waals surface area contributed by atoms with Crippen LogP contribution < -0.4 is 0 Å². The van der Waals surface area contributed by atoms with Gasteiger partial charge in [0.05, 0.1) is 19.5 Å². The number of carbonyl (C=O) groups excluding carboxylic acids is 1. The van der Waals surface area contributed by atoms with Gasteiger partial charge in [-0.1, -0.05) is 80.8 Å². The lowest BCUT2D eigenvalue weighted by Crippen LogP contribution is -2.52. The Kier molecular flexibility index (Phi) is 9.90. The molecule has 1 fully saturated rings. The summed E-state index contributed by atoms with van der Waals surface area (Å²) in [4.78, 5) is 22.7. The Morgan fingerprint density at radius 2 is 1.77 bits per heavy atom. The van der Waals surface area contributed by atoms with Gasteiger partial charge in [0.1, 0.15) is 0 Å². The van der Waals surface area contributed by atoms with Crippen LogP contribution in [0.2, 0.25) is 5.02 Å². The number of rotatable bonds is 10. The van der Waals surface area contributed by atoms with E-state index < -0.39 is 5.54 Å². The molecule has 0 bridgehead atoms. The number of benzene rings is 2. The Labute approximate surface area is 239 Å². The van der Waals surface area contributed by atoms with E-state index in [-0.39, 0.29) is 12.0 Å². The number of aliphatic imine (C=N–C) groups is 1. The second-order valence-electron chi connectivity index (χ2n) is 11.9. The second-order valence-corrected chi connectivity index (χ2v) is 12.4. The van der Waals surface area contributed by atoms with E-state index in [0.29, 0.717) is 30.2 Å². The van der Waals surface area contributed by atoms with Crippen LogP contribution in [0.25, 0.3) is 6.08 Å². The molecule has 3 atom stereocenters. The first-order valence-electron chi connectivity index (χ1n) is 14.3. The van der Waals surface area contributed by atoms with Crippen LogP contribution in [-0.2, 0) is 9.53 Å². The van der Waals surface area contributed by atoms with Crippen LogP contribution in [0.15, 0.2) is 65.8 Å². The Bertz CT molecular complexity index is 1120. The molecule has 3 unspecified atom stereocenters. The van der Waals surface area contributed by atoms with Crippen LogP contribution in [0.5, 0.6) is 0 Å². The van der Waals surface area contributed by atoms with Crippen molar-refractivity contribution in [3.8, 4) is 0 Å². The second kappa shape index (κ2) is 13.1. The van der Waals surface area contributed by atoms with Gasteiger partial charge in [0.25, 0.3) is 0 Å². The highest BCUT2D eigenvalue weighted by Crippen LogP contribution is 2.44. The van der Waals surface area contributed by atoms with Gasteiger partial charge in [0, 0.05) is 17.3 Å². The molecule has 1 saturated carbocycles. The smallest absolute Gasteiger partial charge is 0.335 e. The predicted molar refractivity (Wildman–Crippen MR) is 162 cm³/mol. The number of esters is 1. The summed E-state index contributed by atoms with van der Waals surface area (Å²) >= 11 is 6.17. The Balaban J connectivity index is 1.52. The summed E-state index contributed by atoms with van der Waals surface area (Å²) in [6.45, 7) is 4.31. The molecular formula is C33H44ClN3O2. The third kappa shape index (κ3) is 6.93. The number of nitrogens with zero attached hydrogens (tertiary/aromatic N) is 3. The monoisotopic (exact) mass is 549 g/mol. The van der Waals surface area contributed by atoms with Gasteiger partial charge in [-0.2, -0.15) is 0 Å². The Morgan fingerprint density at radius 3 is 2.36 bits per heavy atom. The molecule has 2 aromatic carbocycles. The van der Waals surface area contributed by atoms with Gasteiger partial charge < -0.3 is 14.5 Å². The number of ether oxygens (including phenoxy) is 1. The normalized spacial score (nSPS) is 26.1. The molecule has 0 N–H and O–H groups in total. The molecule has 1 aliphatic heterocycles. The minimum absolute atomic E-state index is 0.0604. The van der Waals surface area contributed by atoms with Gasteiger partial charge in [0.15, 0.2) is 5.54 Å². The van der Waals surface area contributed by atoms with Gasteiger partial charge in [-0.3, -0.25) is 4.99 Å². The van der Waals surface area contributed by atoms with Crippen molar-refractivity contribution < 1.29 is 9.53 Å². The molecule has 0 spiro atoms. The van der Waals surface area contributed by atoms with Crippen molar-refractivity contribution >= 4 is 30.0 Å². The largest absolute Gasteiger partial charge is 0.467 e. The maximum absolute atomic E-state index is 13.3. The highest BCUT2D eigenvalue weighted by Gasteiger charge is 2.52. The summed E-state index contributed by atoms with van der Waals surface area (Å²) in [5.74, 6) is 1.21. The fourth-order valence-electron chi connectivity index (χ4n) is 6.75. The van der Waals surface area contributed by atoms with Crippen molar-refractivity contribution in [2.24, 2.45) is 22.7 Å². The molecule has 1 heterocycles. The van der Waals surface area contributed by atoms with Crippen LogP contribution in [0.1, 0.15) is 69.5 Å². The van der Waals surface area contributed by atoms with Crippen LogP contribution in [0, 0.1) is 17.8 Å². The lowest BCUT2D eigenvalue weighted by atomic mass is 9.71. The van der Waals surface area contributed by atoms with E-state index in [0.717, 1.165) is 29.8 Å². The minimum Gasteiger partial charge on any atom is -0.467 e. The molecule has 0 amide bonds. The molecule has 5 nitrogen and oxygen atoms in total. The summed E-state index contributed by atoms with van der Waals surface area (Å²) < 4.78 is 5.38. The van der Waals surface area contributed by atoms with Crippen LogP contribution in [0.3, 0.4) is 0 Å². The molecule has 39 heavy (non-hydrogen) atoms. The van der Waals surface area contributed by atoms with Crippen LogP contribution in [0.4, 0.5) is 0 Å². The summed E-state index contributed by atoms with van der Waals surface area (Å²) in [6, 6.07) is 18.9. The van der Waals surface area contributed by atoms with Crippen molar-refractivity contribution in [1.82, 2.24) is 9.80 Å². The number of halogens is 1. The molecule has 0 saturated heterocycles. The first-order chi connectivity index (χ1) is 18.7. The number of methoxy groups -OCH3 is 1. The number of hydrogen-bond acceptors (Lipinski definition) is 5. The van der Waals surface area contributed by atoms with E-state index >= 15 is 0 Å². The summed E-state index contributed by atoms with van der Waals surface area (Å²) in [5, 5.41) is 0.778. The van der Waals surface area contributed by atoms with Crippen LogP contribution >= 0.6 is 11.6 Å². The molecule has 210 valence electrons. The standard InChI is InChI=1S/C33H44ClN3O2/c1-24(2)22-33(32(38)39-5)30(37(23-35-33)20-19-25-9-7-6-8-10-25)21-26-11-13-27(14-12-26)31(36(3)4)28-15-17-29(34)18-16-28/h6-10,15-20,23-24,26-27,30-31H,11-14,21-22H2,1-5H3. The molecule has 4 rings (SSSR count). The Hall–Kier alpha value is -2.63. The highest BCUT2D eigenvalue weighted by atomic mass is 35.5. The van der Waals surface area contributed by atoms with Crippen molar-refractivity contribution in [1.29, 1.82) is 0 Å². The maximum Gasteiger partial charge on any atom is 0.335 e. The van der Waals surface area contributed by atoms with Gasteiger partial charge >= 0.3 is 5.97 Å². The fourth-order valence-corrected chi connectivity index (χ4v) is 6.87. The molecular weight excluding hydrogens is 506 g/mol. The molecule has 0 aromatic heterocycles. The molecule has 2 aliphatic rings. The summed E-state index contributed by atoms with van der Waals surface area (Å²) in [7, 11) is 5.84. The summed E-state index contributed by atoms with van der Waals surface area (Å²) in [5.41, 5.74) is 1.58. The average molecular weight is 550 g/mol. The van der Waals surface area contributed by atoms with Gasteiger partial charge in [-0.25, -0.2) is 4.79 Å².